The van der Waals surface area contributed by atoms with Crippen LogP contribution < -0.4 is 4.57 Å². The lowest BCUT2D eigenvalue weighted by atomic mass is 10.1. The smallest absolute Gasteiger partial charge is 0.216 e. The van der Waals surface area contributed by atoms with Gasteiger partial charge >= 0.3 is 0 Å². The van der Waals surface area contributed by atoms with Crippen LogP contribution in [0.4, 0.5) is 0 Å². The minimum atomic E-state index is 0.859. The maximum Gasteiger partial charge on any atom is 0.216 e. The van der Waals surface area contributed by atoms with E-state index in [2.05, 4.69) is 28.6 Å². The first-order valence-corrected chi connectivity index (χ1v) is 6.97. The highest BCUT2D eigenvalue weighted by Gasteiger charge is 2.20. The Morgan fingerprint density at radius 3 is 2.71 bits per heavy atom. The first-order chi connectivity index (χ1) is 10.3. The van der Waals surface area contributed by atoms with Gasteiger partial charge in [0.25, 0.3) is 0 Å². The third-order valence-corrected chi connectivity index (χ3v) is 3.89. The first-order valence-electron chi connectivity index (χ1n) is 6.97. The highest BCUT2D eigenvalue weighted by molar-refractivity contribution is 6.07. The molecule has 3 heteroatoms. The molecule has 102 valence electrons. The molecule has 3 aromatic heterocycles. The summed E-state index contributed by atoms with van der Waals surface area (Å²) in [6, 6.07) is 14.2. The van der Waals surface area contributed by atoms with Gasteiger partial charge in [0.15, 0.2) is 11.8 Å². The van der Waals surface area contributed by atoms with Crippen molar-refractivity contribution in [2.45, 2.75) is 6.92 Å². The molecule has 1 aromatic carbocycles. The van der Waals surface area contributed by atoms with Gasteiger partial charge in [-0.05, 0) is 30.7 Å². The highest BCUT2D eigenvalue weighted by atomic mass is 16.3. The first kappa shape index (κ1) is 12.1. The number of para-hydroxylation sites is 1. The molecule has 0 aliphatic rings. The Balaban J connectivity index is 2.18. The van der Waals surface area contributed by atoms with E-state index in [0.29, 0.717) is 0 Å². The van der Waals surface area contributed by atoms with E-state index < -0.39 is 0 Å². The van der Waals surface area contributed by atoms with Crippen LogP contribution in [0.2, 0.25) is 0 Å². The van der Waals surface area contributed by atoms with E-state index in [-0.39, 0.29) is 0 Å². The summed E-state index contributed by atoms with van der Waals surface area (Å²) in [7, 11) is 2.05. The number of furan rings is 1. The quantitative estimate of drug-likeness (QED) is 0.495. The lowest BCUT2D eigenvalue weighted by molar-refractivity contribution is -0.660. The van der Waals surface area contributed by atoms with Crippen LogP contribution in [0.1, 0.15) is 5.56 Å². The second-order valence-corrected chi connectivity index (χ2v) is 5.29. The second-order valence-electron chi connectivity index (χ2n) is 5.29. The predicted molar refractivity (Wildman–Crippen MR) is 82.9 cm³/mol. The molecule has 0 amide bonds. The average Bonchev–Trinajstić information content (AvgIpc) is 2.87. The lowest BCUT2D eigenvalue weighted by Gasteiger charge is -2.04. The standard InChI is InChI=1S/C18H15N2O/c1-12-11-19-17-13-7-3-4-9-15(13)21-18(17)16(12)14-8-5-6-10-20(14)2/h3-11H,1-2H3/q+1. The van der Waals surface area contributed by atoms with Crippen molar-refractivity contribution >= 4 is 22.1 Å². The van der Waals surface area contributed by atoms with Gasteiger partial charge in [-0.15, -0.1) is 0 Å². The van der Waals surface area contributed by atoms with Gasteiger partial charge in [0.05, 0.1) is 5.56 Å². The van der Waals surface area contributed by atoms with Gasteiger partial charge < -0.3 is 4.42 Å². The molecule has 0 N–H and O–H groups in total. The number of aryl methyl sites for hydroxylation is 2. The SMILES string of the molecule is Cc1cnc2c(oc3ccccc32)c1-c1cccc[n+]1C. The third-order valence-electron chi connectivity index (χ3n) is 3.89. The van der Waals surface area contributed by atoms with Gasteiger partial charge in [0.2, 0.25) is 5.69 Å². The van der Waals surface area contributed by atoms with E-state index in [1.807, 2.05) is 49.8 Å². The Hall–Kier alpha value is -2.68. The molecule has 0 saturated heterocycles. The van der Waals surface area contributed by atoms with Crippen molar-refractivity contribution in [3.05, 3.63) is 60.4 Å². The Morgan fingerprint density at radius 1 is 1.05 bits per heavy atom. The number of hydrogen-bond acceptors (Lipinski definition) is 2. The monoisotopic (exact) mass is 275 g/mol. The Labute approximate surface area is 122 Å². The van der Waals surface area contributed by atoms with E-state index in [0.717, 1.165) is 38.9 Å². The van der Waals surface area contributed by atoms with Gasteiger partial charge in [-0.2, -0.15) is 0 Å². The van der Waals surface area contributed by atoms with Crippen molar-refractivity contribution in [1.29, 1.82) is 0 Å². The maximum absolute atomic E-state index is 6.10. The van der Waals surface area contributed by atoms with Crippen LogP contribution in [0.5, 0.6) is 0 Å². The van der Waals surface area contributed by atoms with Crippen LogP contribution in [0.25, 0.3) is 33.3 Å². The fourth-order valence-electron chi connectivity index (χ4n) is 2.84. The maximum atomic E-state index is 6.10. The number of benzene rings is 1. The number of pyridine rings is 2. The van der Waals surface area contributed by atoms with E-state index >= 15 is 0 Å². The van der Waals surface area contributed by atoms with Crippen molar-refractivity contribution < 1.29 is 8.98 Å². The molecule has 0 atom stereocenters. The number of rotatable bonds is 1. The summed E-state index contributed by atoms with van der Waals surface area (Å²) in [5.41, 5.74) is 6.02. The molecule has 0 spiro atoms. The summed E-state index contributed by atoms with van der Waals surface area (Å²) in [6.45, 7) is 2.07. The number of nitrogens with zero attached hydrogens (tertiary/aromatic N) is 2. The molecule has 4 rings (SSSR count). The van der Waals surface area contributed by atoms with Crippen LogP contribution in [0.3, 0.4) is 0 Å². The van der Waals surface area contributed by atoms with Crippen LogP contribution in [0.15, 0.2) is 59.3 Å². The van der Waals surface area contributed by atoms with Crippen molar-refractivity contribution in [2.75, 3.05) is 0 Å². The Bertz CT molecular complexity index is 969. The predicted octanol–water partition coefficient (Wildman–Crippen LogP) is 3.78. The van der Waals surface area contributed by atoms with Crippen LogP contribution in [-0.4, -0.2) is 4.98 Å². The molecular formula is C18H15N2O+. The summed E-state index contributed by atoms with van der Waals surface area (Å²) in [5, 5.41) is 1.06. The fraction of sp³-hybridized carbons (Fsp3) is 0.111. The van der Waals surface area contributed by atoms with Gasteiger partial charge in [0, 0.05) is 23.7 Å². The minimum absolute atomic E-state index is 0.859. The minimum Gasteiger partial charge on any atom is -0.453 e. The van der Waals surface area contributed by atoms with E-state index in [4.69, 9.17) is 4.42 Å². The largest absolute Gasteiger partial charge is 0.453 e. The molecule has 0 aliphatic carbocycles. The van der Waals surface area contributed by atoms with Crippen molar-refractivity contribution in [3.8, 4) is 11.3 Å². The molecule has 21 heavy (non-hydrogen) atoms. The molecule has 0 saturated carbocycles. The van der Waals surface area contributed by atoms with Crippen LogP contribution in [-0.2, 0) is 7.05 Å². The topological polar surface area (TPSA) is 29.9 Å². The number of aromatic nitrogens is 2. The zero-order valence-corrected chi connectivity index (χ0v) is 12.0. The molecule has 0 unspecified atom stereocenters. The summed E-state index contributed by atoms with van der Waals surface area (Å²) in [5.74, 6) is 0. The van der Waals surface area contributed by atoms with Crippen molar-refractivity contribution in [2.24, 2.45) is 7.05 Å². The molecule has 3 nitrogen and oxygen atoms in total. The van der Waals surface area contributed by atoms with Crippen molar-refractivity contribution in [3.63, 3.8) is 0 Å². The zero-order valence-electron chi connectivity index (χ0n) is 12.0. The van der Waals surface area contributed by atoms with E-state index in [9.17, 15) is 0 Å². The Morgan fingerprint density at radius 2 is 1.86 bits per heavy atom. The highest BCUT2D eigenvalue weighted by Crippen LogP contribution is 2.34. The van der Waals surface area contributed by atoms with Gasteiger partial charge in [-0.1, -0.05) is 12.1 Å². The fourth-order valence-corrected chi connectivity index (χ4v) is 2.84. The molecule has 3 heterocycles. The summed E-state index contributed by atoms with van der Waals surface area (Å²) in [4.78, 5) is 4.58. The zero-order chi connectivity index (χ0) is 14.4. The molecule has 0 aliphatic heterocycles. The average molecular weight is 275 g/mol. The number of hydrogen-bond donors (Lipinski definition) is 0. The molecule has 4 aromatic rings. The van der Waals surface area contributed by atoms with Crippen LogP contribution in [0, 0.1) is 6.92 Å². The van der Waals surface area contributed by atoms with Gasteiger partial charge in [-0.3, -0.25) is 4.98 Å². The van der Waals surface area contributed by atoms with Gasteiger partial charge in [-0.25, -0.2) is 4.57 Å². The van der Waals surface area contributed by atoms with E-state index in [1.54, 1.807) is 0 Å². The van der Waals surface area contributed by atoms with Crippen molar-refractivity contribution in [1.82, 2.24) is 4.98 Å². The number of fused-ring (bicyclic) bond motifs is 3. The summed E-state index contributed by atoms with van der Waals surface area (Å²) < 4.78 is 8.20. The normalized spacial score (nSPS) is 11.3. The third kappa shape index (κ3) is 1.74. The molecule has 0 fully saturated rings. The van der Waals surface area contributed by atoms with E-state index in [1.165, 1.54) is 0 Å². The van der Waals surface area contributed by atoms with Crippen LogP contribution >= 0.6 is 0 Å². The summed E-state index contributed by atoms with van der Waals surface area (Å²) in [6.07, 6.45) is 3.97. The van der Waals surface area contributed by atoms with Gasteiger partial charge in [0.1, 0.15) is 18.1 Å². The summed E-state index contributed by atoms with van der Waals surface area (Å²) >= 11 is 0. The second kappa shape index (κ2) is 4.42. The molecule has 0 bridgehead atoms. The molecular weight excluding hydrogens is 260 g/mol. The lowest BCUT2D eigenvalue weighted by Crippen LogP contribution is -2.30. The Kier molecular flexibility index (Phi) is 2.54. The molecule has 0 radical (unpaired) electrons.